The van der Waals surface area contributed by atoms with E-state index >= 15 is 0 Å². The van der Waals surface area contributed by atoms with Gasteiger partial charge in [0.15, 0.2) is 5.65 Å². The molecule has 0 radical (unpaired) electrons. The molecule has 9 heteroatoms. The molecule has 2 aliphatic heterocycles. The van der Waals surface area contributed by atoms with E-state index in [2.05, 4.69) is 20.4 Å². The Labute approximate surface area is 166 Å². The molecular weight excluding hydrogens is 372 g/mol. The summed E-state index contributed by atoms with van der Waals surface area (Å²) in [5.74, 6) is 0.156. The molecule has 0 aliphatic carbocycles. The minimum atomic E-state index is -0.470. The summed E-state index contributed by atoms with van der Waals surface area (Å²) in [6.07, 6.45) is 5.78. The molecule has 29 heavy (non-hydrogen) atoms. The van der Waals surface area contributed by atoms with Crippen LogP contribution < -0.4 is 10.2 Å². The van der Waals surface area contributed by atoms with Crippen LogP contribution in [0.2, 0.25) is 0 Å². The number of hydrogen-bond donors (Lipinski definition) is 1. The maximum atomic E-state index is 12.9. The summed E-state index contributed by atoms with van der Waals surface area (Å²) in [7, 11) is 0. The van der Waals surface area contributed by atoms with Crippen molar-refractivity contribution in [3.63, 3.8) is 0 Å². The standard InChI is InChI=1S/C20H20N6O3/c1-20(2)7-5-14-12(4-3-8-21-14)15-11-29-19(28)26(15)16-6-9-25-17(23-16)13(10-22-25)18(27)24-20/h3-4,6,8-10,15H,5,7,11H2,1-2H3,(H,24,27). The zero-order valence-electron chi connectivity index (χ0n) is 16.1. The lowest BCUT2D eigenvalue weighted by Crippen LogP contribution is -2.43. The first kappa shape index (κ1) is 17.6. The van der Waals surface area contributed by atoms with Crippen molar-refractivity contribution < 1.29 is 14.3 Å². The Morgan fingerprint density at radius 3 is 3.00 bits per heavy atom. The molecule has 0 saturated carbocycles. The lowest BCUT2D eigenvalue weighted by molar-refractivity contribution is 0.0910. The molecule has 9 nitrogen and oxygen atoms in total. The minimum Gasteiger partial charge on any atom is -0.447 e. The Kier molecular flexibility index (Phi) is 3.80. The first-order chi connectivity index (χ1) is 13.9. The van der Waals surface area contributed by atoms with Gasteiger partial charge in [-0.25, -0.2) is 14.3 Å². The molecule has 2 aliphatic rings. The second-order valence-corrected chi connectivity index (χ2v) is 7.95. The number of cyclic esters (lactones) is 1. The number of amides is 2. The van der Waals surface area contributed by atoms with Gasteiger partial charge in [0, 0.05) is 29.2 Å². The number of pyridine rings is 1. The van der Waals surface area contributed by atoms with Crippen LogP contribution in [0.1, 0.15) is 47.9 Å². The van der Waals surface area contributed by atoms with Crippen LogP contribution in [-0.4, -0.2) is 43.7 Å². The van der Waals surface area contributed by atoms with E-state index in [1.54, 1.807) is 18.5 Å². The summed E-state index contributed by atoms with van der Waals surface area (Å²) in [6, 6.07) is 5.19. The SMILES string of the molecule is CC1(C)CCc2ncccc2C2COC(=O)N2c2ccn3ncc(c3n2)C(=O)N1. The highest BCUT2D eigenvalue weighted by Crippen LogP contribution is 2.34. The van der Waals surface area contributed by atoms with Gasteiger partial charge in [0.05, 0.1) is 6.20 Å². The van der Waals surface area contributed by atoms with Gasteiger partial charge < -0.3 is 10.1 Å². The number of fused-ring (bicyclic) bond motifs is 5. The van der Waals surface area contributed by atoms with Crippen LogP contribution in [-0.2, 0) is 11.2 Å². The van der Waals surface area contributed by atoms with Crippen LogP contribution in [0, 0.1) is 0 Å². The van der Waals surface area contributed by atoms with Crippen molar-refractivity contribution >= 4 is 23.5 Å². The van der Waals surface area contributed by atoms with Crippen molar-refractivity contribution in [3.05, 3.63) is 53.6 Å². The van der Waals surface area contributed by atoms with Crippen molar-refractivity contribution in [3.8, 4) is 0 Å². The number of nitrogens with one attached hydrogen (secondary N) is 1. The quantitative estimate of drug-likeness (QED) is 0.630. The summed E-state index contributed by atoms with van der Waals surface area (Å²) in [6.45, 7) is 4.18. The van der Waals surface area contributed by atoms with Gasteiger partial charge >= 0.3 is 6.09 Å². The predicted molar refractivity (Wildman–Crippen MR) is 104 cm³/mol. The highest BCUT2D eigenvalue weighted by Gasteiger charge is 2.38. The Bertz CT molecular complexity index is 1140. The van der Waals surface area contributed by atoms with E-state index in [1.165, 1.54) is 15.6 Å². The van der Waals surface area contributed by atoms with E-state index in [9.17, 15) is 9.59 Å². The summed E-state index contributed by atoms with van der Waals surface area (Å²) < 4.78 is 6.89. The normalized spacial score (nSPS) is 20.9. The number of nitrogens with zero attached hydrogens (tertiary/aromatic N) is 5. The molecule has 0 aromatic carbocycles. The third kappa shape index (κ3) is 2.89. The Hall–Kier alpha value is -3.49. The highest BCUT2D eigenvalue weighted by molar-refractivity contribution is 6.00. The molecule has 148 valence electrons. The summed E-state index contributed by atoms with van der Waals surface area (Å²) in [4.78, 5) is 36.2. The van der Waals surface area contributed by atoms with Crippen molar-refractivity contribution in [1.82, 2.24) is 24.9 Å². The van der Waals surface area contributed by atoms with E-state index in [1.807, 2.05) is 26.0 Å². The minimum absolute atomic E-state index is 0.219. The largest absolute Gasteiger partial charge is 0.447 e. The zero-order chi connectivity index (χ0) is 20.2. The van der Waals surface area contributed by atoms with Gasteiger partial charge in [-0.05, 0) is 38.8 Å². The van der Waals surface area contributed by atoms with Gasteiger partial charge in [0.25, 0.3) is 5.91 Å². The average molecular weight is 392 g/mol. The fourth-order valence-corrected chi connectivity index (χ4v) is 3.89. The van der Waals surface area contributed by atoms with Crippen LogP contribution in [0.25, 0.3) is 5.65 Å². The Balaban J connectivity index is 1.73. The first-order valence-corrected chi connectivity index (χ1v) is 9.50. The fourth-order valence-electron chi connectivity index (χ4n) is 3.89. The van der Waals surface area contributed by atoms with Crippen molar-refractivity contribution in [2.45, 2.75) is 38.3 Å². The molecule has 5 heterocycles. The molecule has 3 aromatic rings. The molecule has 1 fully saturated rings. The van der Waals surface area contributed by atoms with Crippen molar-refractivity contribution in [2.24, 2.45) is 0 Å². The smallest absolute Gasteiger partial charge is 0.416 e. The fraction of sp³-hybridized carbons (Fsp3) is 0.350. The van der Waals surface area contributed by atoms with Gasteiger partial charge in [-0.15, -0.1) is 0 Å². The van der Waals surface area contributed by atoms with E-state index < -0.39 is 11.6 Å². The van der Waals surface area contributed by atoms with Crippen molar-refractivity contribution in [2.75, 3.05) is 11.5 Å². The zero-order valence-corrected chi connectivity index (χ0v) is 16.1. The van der Waals surface area contributed by atoms with Crippen LogP contribution in [0.4, 0.5) is 10.6 Å². The van der Waals surface area contributed by atoms with Crippen LogP contribution in [0.5, 0.6) is 0 Å². The Morgan fingerprint density at radius 1 is 1.28 bits per heavy atom. The number of hydrogen-bond acceptors (Lipinski definition) is 6. The molecule has 1 atom stereocenters. The molecule has 5 rings (SSSR count). The molecule has 1 unspecified atom stereocenters. The summed E-state index contributed by atoms with van der Waals surface area (Å²) >= 11 is 0. The van der Waals surface area contributed by atoms with Crippen LogP contribution >= 0.6 is 0 Å². The second kappa shape index (κ2) is 6.26. The van der Waals surface area contributed by atoms with Gasteiger partial charge in [-0.1, -0.05) is 6.07 Å². The summed E-state index contributed by atoms with van der Waals surface area (Å²) in [5, 5.41) is 7.29. The monoisotopic (exact) mass is 392 g/mol. The second-order valence-electron chi connectivity index (χ2n) is 7.95. The number of anilines is 1. The lowest BCUT2D eigenvalue weighted by atomic mass is 9.93. The molecule has 0 spiro atoms. The highest BCUT2D eigenvalue weighted by atomic mass is 16.6. The number of rotatable bonds is 0. The molecule has 1 saturated heterocycles. The van der Waals surface area contributed by atoms with E-state index in [4.69, 9.17) is 4.74 Å². The number of ether oxygens (including phenoxy) is 1. The summed E-state index contributed by atoms with van der Waals surface area (Å²) in [5.41, 5.74) is 2.09. The third-order valence-corrected chi connectivity index (χ3v) is 5.44. The molecule has 2 amide bonds. The van der Waals surface area contributed by atoms with Gasteiger partial charge in [0.2, 0.25) is 0 Å². The number of aromatic nitrogens is 4. The molecular formula is C20H20N6O3. The van der Waals surface area contributed by atoms with E-state index in [-0.39, 0.29) is 18.6 Å². The molecule has 3 aromatic heterocycles. The maximum absolute atomic E-state index is 12.9. The maximum Gasteiger partial charge on any atom is 0.416 e. The number of aryl methyl sites for hydroxylation is 1. The number of carbonyl (C=O) groups is 2. The van der Waals surface area contributed by atoms with E-state index in [0.29, 0.717) is 29.9 Å². The van der Waals surface area contributed by atoms with Gasteiger partial charge in [0.1, 0.15) is 24.0 Å². The average Bonchev–Trinajstić information content (AvgIpc) is 3.28. The Morgan fingerprint density at radius 2 is 2.14 bits per heavy atom. The topological polar surface area (TPSA) is 102 Å². The lowest BCUT2D eigenvalue weighted by Gasteiger charge is -2.27. The first-order valence-electron chi connectivity index (χ1n) is 9.50. The van der Waals surface area contributed by atoms with Crippen LogP contribution in [0.15, 0.2) is 36.8 Å². The molecule has 1 N–H and O–H groups in total. The third-order valence-electron chi connectivity index (χ3n) is 5.44. The van der Waals surface area contributed by atoms with E-state index in [0.717, 1.165) is 11.3 Å². The molecule has 2 bridgehead atoms. The van der Waals surface area contributed by atoms with Gasteiger partial charge in [-0.3, -0.25) is 14.7 Å². The van der Waals surface area contributed by atoms with Gasteiger partial charge in [-0.2, -0.15) is 5.10 Å². The predicted octanol–water partition coefficient (Wildman–Crippen LogP) is 2.28. The van der Waals surface area contributed by atoms with Crippen molar-refractivity contribution in [1.29, 1.82) is 0 Å². The van der Waals surface area contributed by atoms with Crippen LogP contribution in [0.3, 0.4) is 0 Å². The number of carbonyl (C=O) groups excluding carboxylic acids is 2.